The Hall–Kier alpha value is -2.27. The normalized spacial score (nSPS) is 21.4. The van der Waals surface area contributed by atoms with E-state index in [2.05, 4.69) is 0 Å². The summed E-state index contributed by atoms with van der Waals surface area (Å²) >= 11 is 0. The minimum atomic E-state index is -1.12. The average molecular weight is 288 g/mol. The molecule has 5 nitrogen and oxygen atoms in total. The van der Waals surface area contributed by atoms with Crippen LogP contribution in [0.5, 0.6) is 17.2 Å². The minimum Gasteiger partial charge on any atom is -0.508 e. The highest BCUT2D eigenvalue weighted by molar-refractivity contribution is 6.09. The number of methoxy groups -OCH3 is 1. The fraction of sp³-hybridized carbons (Fsp3) is 0.312. The van der Waals surface area contributed by atoms with Crippen LogP contribution in [0.3, 0.4) is 0 Å². The number of carbonyl (C=O) groups is 1. The van der Waals surface area contributed by atoms with Gasteiger partial charge in [0.1, 0.15) is 17.2 Å². The lowest BCUT2D eigenvalue weighted by molar-refractivity contribution is 0.0409. The second kappa shape index (κ2) is 4.36. The van der Waals surface area contributed by atoms with Crippen molar-refractivity contribution >= 4 is 16.6 Å². The fourth-order valence-electron chi connectivity index (χ4n) is 3.04. The van der Waals surface area contributed by atoms with Crippen LogP contribution < -0.4 is 4.74 Å². The van der Waals surface area contributed by atoms with E-state index in [4.69, 9.17) is 4.74 Å². The predicted molar refractivity (Wildman–Crippen MR) is 77.1 cm³/mol. The van der Waals surface area contributed by atoms with Crippen molar-refractivity contribution in [2.75, 3.05) is 7.11 Å². The van der Waals surface area contributed by atoms with Gasteiger partial charge in [-0.2, -0.15) is 0 Å². The molecule has 0 aromatic heterocycles. The first-order chi connectivity index (χ1) is 9.82. The van der Waals surface area contributed by atoms with Gasteiger partial charge in [0.2, 0.25) is 0 Å². The summed E-state index contributed by atoms with van der Waals surface area (Å²) in [6.45, 7) is 1.60. The van der Waals surface area contributed by atoms with Crippen LogP contribution in [0.1, 0.15) is 29.3 Å². The molecular formula is C16H16O5. The maximum Gasteiger partial charge on any atom is 0.169 e. The first-order valence-electron chi connectivity index (χ1n) is 6.63. The summed E-state index contributed by atoms with van der Waals surface area (Å²) in [5.74, 6) is -0.140. The maximum atomic E-state index is 12.2. The number of fused-ring (bicyclic) bond motifs is 2. The number of rotatable bonds is 1. The van der Waals surface area contributed by atoms with Crippen LogP contribution in [-0.4, -0.2) is 33.8 Å². The molecule has 1 aliphatic carbocycles. The van der Waals surface area contributed by atoms with Crippen LogP contribution in [0.4, 0.5) is 0 Å². The highest BCUT2D eigenvalue weighted by Crippen LogP contribution is 2.43. The van der Waals surface area contributed by atoms with Crippen molar-refractivity contribution in [3.63, 3.8) is 0 Å². The zero-order chi connectivity index (χ0) is 15.4. The van der Waals surface area contributed by atoms with Gasteiger partial charge >= 0.3 is 0 Å². The Morgan fingerprint density at radius 3 is 2.57 bits per heavy atom. The van der Waals surface area contributed by atoms with Crippen LogP contribution in [-0.2, 0) is 6.42 Å². The molecule has 3 N–H and O–H groups in total. The summed E-state index contributed by atoms with van der Waals surface area (Å²) in [7, 11) is 1.43. The number of hydrogen-bond acceptors (Lipinski definition) is 5. The van der Waals surface area contributed by atoms with Gasteiger partial charge < -0.3 is 20.1 Å². The third-order valence-electron chi connectivity index (χ3n) is 3.85. The van der Waals surface area contributed by atoms with Gasteiger partial charge in [0, 0.05) is 18.9 Å². The quantitative estimate of drug-likeness (QED) is 0.748. The van der Waals surface area contributed by atoms with Crippen LogP contribution in [0, 0.1) is 0 Å². The fourth-order valence-corrected chi connectivity index (χ4v) is 3.04. The molecule has 1 atom stereocenters. The predicted octanol–water partition coefficient (Wildman–Crippen LogP) is 2.14. The van der Waals surface area contributed by atoms with Crippen LogP contribution >= 0.6 is 0 Å². The van der Waals surface area contributed by atoms with Gasteiger partial charge in [-0.3, -0.25) is 4.79 Å². The molecule has 0 unspecified atom stereocenters. The van der Waals surface area contributed by atoms with Crippen LogP contribution in [0.2, 0.25) is 0 Å². The van der Waals surface area contributed by atoms with Crippen LogP contribution in [0.15, 0.2) is 18.2 Å². The molecular weight excluding hydrogens is 272 g/mol. The van der Waals surface area contributed by atoms with E-state index in [0.717, 1.165) is 0 Å². The van der Waals surface area contributed by atoms with Crippen molar-refractivity contribution in [2.24, 2.45) is 0 Å². The van der Waals surface area contributed by atoms with E-state index in [1.54, 1.807) is 13.0 Å². The van der Waals surface area contributed by atoms with Gasteiger partial charge in [0.25, 0.3) is 0 Å². The standard InChI is InChI=1S/C16H16O5/c1-16(20)6-9-3-8-4-10(17)5-12(21-2)14(8)15(19)13(9)11(18)7-16/h3-5,17,19-20H,6-7H2,1-2H3/t16-/m1/s1. The summed E-state index contributed by atoms with van der Waals surface area (Å²) in [5, 5.41) is 31.3. The minimum absolute atomic E-state index is 0.00703. The smallest absolute Gasteiger partial charge is 0.169 e. The number of phenols is 2. The zero-order valence-electron chi connectivity index (χ0n) is 11.8. The van der Waals surface area contributed by atoms with Crippen molar-refractivity contribution in [1.82, 2.24) is 0 Å². The molecule has 3 rings (SSSR count). The van der Waals surface area contributed by atoms with Gasteiger partial charge in [0.15, 0.2) is 5.78 Å². The lowest BCUT2D eigenvalue weighted by Gasteiger charge is -2.29. The number of phenolic OH excluding ortho intramolecular Hbond substituents is 2. The summed E-state index contributed by atoms with van der Waals surface area (Å²) in [6.07, 6.45) is 0.245. The van der Waals surface area contributed by atoms with E-state index in [1.807, 2.05) is 0 Å². The van der Waals surface area contributed by atoms with Gasteiger partial charge in [-0.25, -0.2) is 0 Å². The second-order valence-corrected chi connectivity index (χ2v) is 5.78. The Labute approximate surface area is 121 Å². The molecule has 110 valence electrons. The van der Waals surface area contributed by atoms with E-state index >= 15 is 0 Å². The number of ketones is 1. The van der Waals surface area contributed by atoms with Crippen molar-refractivity contribution in [3.05, 3.63) is 29.3 Å². The molecule has 0 saturated carbocycles. The summed E-state index contributed by atoms with van der Waals surface area (Å²) < 4.78 is 5.18. The molecule has 21 heavy (non-hydrogen) atoms. The molecule has 0 heterocycles. The molecule has 0 spiro atoms. The third kappa shape index (κ3) is 2.10. The van der Waals surface area contributed by atoms with Crippen molar-refractivity contribution in [1.29, 1.82) is 0 Å². The zero-order valence-corrected chi connectivity index (χ0v) is 11.8. The molecule has 0 amide bonds. The highest BCUT2D eigenvalue weighted by Gasteiger charge is 2.35. The number of hydrogen-bond donors (Lipinski definition) is 3. The molecule has 2 aromatic rings. The number of carbonyl (C=O) groups excluding carboxylic acids is 1. The number of benzene rings is 2. The van der Waals surface area contributed by atoms with Gasteiger partial charge in [-0.05, 0) is 30.0 Å². The Kier molecular flexibility index (Phi) is 2.85. The molecule has 0 saturated heterocycles. The lowest BCUT2D eigenvalue weighted by Crippen LogP contribution is -2.35. The van der Waals surface area contributed by atoms with E-state index in [0.29, 0.717) is 22.1 Å². The van der Waals surface area contributed by atoms with Gasteiger partial charge in [-0.15, -0.1) is 0 Å². The number of aromatic hydroxyl groups is 2. The molecule has 5 heteroatoms. The monoisotopic (exact) mass is 288 g/mol. The van der Waals surface area contributed by atoms with E-state index in [-0.39, 0.29) is 35.7 Å². The summed E-state index contributed by atoms with van der Waals surface area (Å²) in [4.78, 5) is 12.2. The van der Waals surface area contributed by atoms with Crippen molar-refractivity contribution in [3.8, 4) is 17.2 Å². The highest BCUT2D eigenvalue weighted by atomic mass is 16.5. The second-order valence-electron chi connectivity index (χ2n) is 5.78. The molecule has 1 aliphatic rings. The Morgan fingerprint density at radius 1 is 1.19 bits per heavy atom. The lowest BCUT2D eigenvalue weighted by atomic mass is 9.79. The van der Waals surface area contributed by atoms with Crippen LogP contribution in [0.25, 0.3) is 10.8 Å². The van der Waals surface area contributed by atoms with Crippen molar-refractivity contribution < 1.29 is 24.9 Å². The average Bonchev–Trinajstić information content (AvgIpc) is 2.34. The first-order valence-corrected chi connectivity index (χ1v) is 6.63. The van der Waals surface area contributed by atoms with E-state index < -0.39 is 5.60 Å². The maximum absolute atomic E-state index is 12.2. The first kappa shape index (κ1) is 13.7. The van der Waals surface area contributed by atoms with Crippen molar-refractivity contribution in [2.45, 2.75) is 25.4 Å². The molecule has 0 radical (unpaired) electrons. The molecule has 0 bridgehead atoms. The van der Waals surface area contributed by atoms with Gasteiger partial charge in [-0.1, -0.05) is 0 Å². The Morgan fingerprint density at radius 2 is 1.90 bits per heavy atom. The Balaban J connectivity index is 2.38. The summed E-state index contributed by atoms with van der Waals surface area (Å²) in [6, 6.07) is 4.59. The topological polar surface area (TPSA) is 87.0 Å². The number of Topliss-reactive ketones (excluding diaryl/α,β-unsaturated/α-hetero) is 1. The number of aliphatic hydroxyl groups is 1. The van der Waals surface area contributed by atoms with E-state index in [9.17, 15) is 20.1 Å². The number of ether oxygens (including phenoxy) is 1. The SMILES string of the molecule is COc1cc(O)cc2cc3c(c(O)c12)C(=O)C[C@](C)(O)C3. The third-order valence-corrected chi connectivity index (χ3v) is 3.85. The molecule has 0 aliphatic heterocycles. The van der Waals surface area contributed by atoms with Gasteiger partial charge in [0.05, 0.1) is 23.7 Å². The summed E-state index contributed by atoms with van der Waals surface area (Å²) in [5.41, 5.74) is -0.308. The largest absolute Gasteiger partial charge is 0.508 e. The Bertz CT molecular complexity index is 761. The molecule has 0 fully saturated rings. The molecule has 2 aromatic carbocycles. The van der Waals surface area contributed by atoms with E-state index in [1.165, 1.54) is 19.2 Å².